The zero-order valence-corrected chi connectivity index (χ0v) is 10.1. The standard InChI is InChI=1S/C12H16ClNO/c1-8(2)12(15)14-7-10-6-9(3)4-5-11(10)13/h4-6,8H,7H2,1-3H3,(H,14,15). The Morgan fingerprint density at radius 1 is 1.47 bits per heavy atom. The molecule has 0 aromatic heterocycles. The van der Waals surface area contributed by atoms with Crippen molar-refractivity contribution < 1.29 is 4.79 Å². The lowest BCUT2D eigenvalue weighted by molar-refractivity contribution is -0.124. The summed E-state index contributed by atoms with van der Waals surface area (Å²) in [6, 6.07) is 5.80. The van der Waals surface area contributed by atoms with Gasteiger partial charge in [0.2, 0.25) is 5.91 Å². The average molecular weight is 226 g/mol. The zero-order chi connectivity index (χ0) is 11.4. The molecule has 0 saturated heterocycles. The Bertz CT molecular complexity index is 361. The third-order valence-electron chi connectivity index (χ3n) is 2.18. The molecule has 1 N–H and O–H groups in total. The molecule has 3 heteroatoms. The third kappa shape index (κ3) is 3.56. The molecule has 0 aliphatic carbocycles. The maximum atomic E-state index is 11.4. The van der Waals surface area contributed by atoms with Crippen LogP contribution >= 0.6 is 11.6 Å². The van der Waals surface area contributed by atoms with Crippen LogP contribution in [-0.2, 0) is 11.3 Å². The molecule has 0 aliphatic rings. The van der Waals surface area contributed by atoms with Crippen LogP contribution in [0, 0.1) is 12.8 Å². The molecule has 0 aliphatic heterocycles. The molecular weight excluding hydrogens is 210 g/mol. The molecule has 0 unspecified atom stereocenters. The highest BCUT2D eigenvalue weighted by Crippen LogP contribution is 2.17. The topological polar surface area (TPSA) is 29.1 Å². The lowest BCUT2D eigenvalue weighted by Crippen LogP contribution is -2.27. The van der Waals surface area contributed by atoms with Crippen LogP contribution < -0.4 is 5.32 Å². The Hall–Kier alpha value is -1.02. The Morgan fingerprint density at radius 3 is 2.73 bits per heavy atom. The molecule has 0 radical (unpaired) electrons. The SMILES string of the molecule is Cc1ccc(Cl)c(CNC(=O)C(C)C)c1. The van der Waals surface area contributed by atoms with Gasteiger partial charge in [0.25, 0.3) is 0 Å². The second kappa shape index (κ2) is 5.17. The summed E-state index contributed by atoms with van der Waals surface area (Å²) in [6.45, 7) is 6.24. The van der Waals surface area contributed by atoms with Gasteiger partial charge in [0.1, 0.15) is 0 Å². The summed E-state index contributed by atoms with van der Waals surface area (Å²) in [5, 5.41) is 3.54. The normalized spacial score (nSPS) is 10.5. The molecule has 2 nitrogen and oxygen atoms in total. The predicted octanol–water partition coefficient (Wildman–Crippen LogP) is 2.92. The van der Waals surface area contributed by atoms with Crippen LogP contribution in [0.4, 0.5) is 0 Å². The highest BCUT2D eigenvalue weighted by Gasteiger charge is 2.07. The van der Waals surface area contributed by atoms with Crippen molar-refractivity contribution in [2.45, 2.75) is 27.3 Å². The van der Waals surface area contributed by atoms with E-state index >= 15 is 0 Å². The minimum Gasteiger partial charge on any atom is -0.352 e. The van der Waals surface area contributed by atoms with Crippen LogP contribution in [0.3, 0.4) is 0 Å². The highest BCUT2D eigenvalue weighted by molar-refractivity contribution is 6.31. The summed E-state index contributed by atoms with van der Waals surface area (Å²) >= 11 is 6.01. The summed E-state index contributed by atoms with van der Waals surface area (Å²) < 4.78 is 0. The van der Waals surface area contributed by atoms with E-state index in [0.29, 0.717) is 11.6 Å². The number of halogens is 1. The van der Waals surface area contributed by atoms with Crippen LogP contribution in [-0.4, -0.2) is 5.91 Å². The molecule has 0 saturated carbocycles. The van der Waals surface area contributed by atoms with Gasteiger partial charge in [0.15, 0.2) is 0 Å². The van der Waals surface area contributed by atoms with Gasteiger partial charge in [0.05, 0.1) is 0 Å². The quantitative estimate of drug-likeness (QED) is 0.842. The smallest absolute Gasteiger partial charge is 0.222 e. The minimum atomic E-state index is 0.00795. The van der Waals surface area contributed by atoms with Crippen LogP contribution in [0.5, 0.6) is 0 Å². The van der Waals surface area contributed by atoms with E-state index in [1.165, 1.54) is 0 Å². The molecule has 0 heterocycles. The first-order valence-corrected chi connectivity index (χ1v) is 5.41. The van der Waals surface area contributed by atoms with E-state index in [1.54, 1.807) is 0 Å². The monoisotopic (exact) mass is 225 g/mol. The number of aryl methyl sites for hydroxylation is 1. The molecule has 82 valence electrons. The maximum Gasteiger partial charge on any atom is 0.222 e. The van der Waals surface area contributed by atoms with Crippen LogP contribution in [0.1, 0.15) is 25.0 Å². The van der Waals surface area contributed by atoms with Gasteiger partial charge in [-0.1, -0.05) is 43.1 Å². The minimum absolute atomic E-state index is 0.00795. The number of carbonyl (C=O) groups excluding carboxylic acids is 1. The van der Waals surface area contributed by atoms with Gasteiger partial charge in [-0.05, 0) is 18.6 Å². The number of hydrogen-bond acceptors (Lipinski definition) is 1. The van der Waals surface area contributed by atoms with Crippen LogP contribution in [0.15, 0.2) is 18.2 Å². The Kier molecular flexibility index (Phi) is 4.15. The number of rotatable bonds is 3. The van der Waals surface area contributed by atoms with Gasteiger partial charge >= 0.3 is 0 Å². The molecule has 0 bridgehead atoms. The molecule has 1 rings (SSSR count). The van der Waals surface area contributed by atoms with Crippen molar-refractivity contribution in [1.29, 1.82) is 0 Å². The van der Waals surface area contributed by atoms with E-state index in [4.69, 9.17) is 11.6 Å². The number of hydrogen-bond donors (Lipinski definition) is 1. The van der Waals surface area contributed by atoms with Crippen molar-refractivity contribution >= 4 is 17.5 Å². The summed E-state index contributed by atoms with van der Waals surface area (Å²) in [5.74, 6) is 0.0566. The third-order valence-corrected chi connectivity index (χ3v) is 2.55. The van der Waals surface area contributed by atoms with Crippen molar-refractivity contribution in [3.8, 4) is 0 Å². The summed E-state index contributed by atoms with van der Waals surface area (Å²) in [6.07, 6.45) is 0. The van der Waals surface area contributed by atoms with Crippen LogP contribution in [0.25, 0.3) is 0 Å². The van der Waals surface area contributed by atoms with Gasteiger partial charge in [-0.25, -0.2) is 0 Å². The number of amides is 1. The van der Waals surface area contributed by atoms with E-state index in [2.05, 4.69) is 5.32 Å². The molecule has 0 atom stereocenters. The molecule has 1 amide bonds. The Balaban J connectivity index is 2.65. The van der Waals surface area contributed by atoms with E-state index in [0.717, 1.165) is 11.1 Å². The van der Waals surface area contributed by atoms with Crippen molar-refractivity contribution in [2.75, 3.05) is 0 Å². The second-order valence-corrected chi connectivity index (χ2v) is 4.37. The molecule has 0 spiro atoms. The van der Waals surface area contributed by atoms with Gasteiger partial charge < -0.3 is 5.32 Å². The van der Waals surface area contributed by atoms with Gasteiger partial charge in [-0.15, -0.1) is 0 Å². The summed E-state index contributed by atoms with van der Waals surface area (Å²) in [5.41, 5.74) is 2.11. The number of nitrogens with one attached hydrogen (secondary N) is 1. The average Bonchev–Trinajstić information content (AvgIpc) is 2.18. The predicted molar refractivity (Wildman–Crippen MR) is 62.9 cm³/mol. The zero-order valence-electron chi connectivity index (χ0n) is 9.30. The summed E-state index contributed by atoms with van der Waals surface area (Å²) in [4.78, 5) is 11.4. The van der Waals surface area contributed by atoms with Crippen LogP contribution in [0.2, 0.25) is 5.02 Å². The van der Waals surface area contributed by atoms with Crippen molar-refractivity contribution in [3.63, 3.8) is 0 Å². The maximum absolute atomic E-state index is 11.4. The first kappa shape index (κ1) is 12.1. The largest absolute Gasteiger partial charge is 0.352 e. The fourth-order valence-corrected chi connectivity index (χ4v) is 1.41. The molecule has 15 heavy (non-hydrogen) atoms. The number of carbonyl (C=O) groups is 1. The first-order valence-electron chi connectivity index (χ1n) is 5.03. The fraction of sp³-hybridized carbons (Fsp3) is 0.417. The van der Waals surface area contributed by atoms with E-state index < -0.39 is 0 Å². The Morgan fingerprint density at radius 2 is 2.13 bits per heavy atom. The highest BCUT2D eigenvalue weighted by atomic mass is 35.5. The fourth-order valence-electron chi connectivity index (χ4n) is 1.23. The first-order chi connectivity index (χ1) is 7.00. The van der Waals surface area contributed by atoms with E-state index in [9.17, 15) is 4.79 Å². The van der Waals surface area contributed by atoms with Gasteiger partial charge in [0, 0.05) is 17.5 Å². The van der Waals surface area contributed by atoms with E-state index in [-0.39, 0.29) is 11.8 Å². The van der Waals surface area contributed by atoms with Crippen molar-refractivity contribution in [1.82, 2.24) is 5.32 Å². The summed E-state index contributed by atoms with van der Waals surface area (Å²) in [7, 11) is 0. The molecule has 0 fully saturated rings. The molecule has 1 aromatic carbocycles. The lowest BCUT2D eigenvalue weighted by atomic mass is 10.1. The van der Waals surface area contributed by atoms with Crippen molar-refractivity contribution in [2.24, 2.45) is 5.92 Å². The lowest BCUT2D eigenvalue weighted by Gasteiger charge is -2.09. The van der Waals surface area contributed by atoms with E-state index in [1.807, 2.05) is 39.0 Å². The molecule has 1 aromatic rings. The molecular formula is C12H16ClNO. The second-order valence-electron chi connectivity index (χ2n) is 3.97. The number of benzene rings is 1. The van der Waals surface area contributed by atoms with Gasteiger partial charge in [-0.2, -0.15) is 0 Å². The Labute approximate surface area is 95.6 Å². The van der Waals surface area contributed by atoms with Gasteiger partial charge in [-0.3, -0.25) is 4.79 Å². The van der Waals surface area contributed by atoms with Crippen molar-refractivity contribution in [3.05, 3.63) is 34.3 Å².